The molecule has 4 nitrogen and oxygen atoms in total. The molecule has 194 valence electrons. The molecule has 6 fully saturated rings. The highest BCUT2D eigenvalue weighted by molar-refractivity contribution is 5.12. The summed E-state index contributed by atoms with van der Waals surface area (Å²) in [6.07, 6.45) is 15.5. The van der Waals surface area contributed by atoms with Gasteiger partial charge in [0.1, 0.15) is 25.2 Å². The van der Waals surface area contributed by atoms with Crippen LogP contribution in [0.15, 0.2) is 0 Å². The Kier molecular flexibility index (Phi) is 6.00. The van der Waals surface area contributed by atoms with Gasteiger partial charge in [0.25, 0.3) is 0 Å². The van der Waals surface area contributed by atoms with Crippen LogP contribution in [0.5, 0.6) is 0 Å². The van der Waals surface area contributed by atoms with Crippen LogP contribution in [0.2, 0.25) is 0 Å². The van der Waals surface area contributed by atoms with Crippen molar-refractivity contribution in [2.45, 2.75) is 103 Å². The molecular weight excluding hydrogens is 420 g/mol. The summed E-state index contributed by atoms with van der Waals surface area (Å²) in [7, 11) is 5.01. The minimum atomic E-state index is -0.133. The maximum Gasteiger partial charge on any atom is 0.116 e. The van der Waals surface area contributed by atoms with E-state index in [-0.39, 0.29) is 11.5 Å². The number of likely N-dealkylation sites (tertiary alicyclic amines) is 1. The fraction of sp³-hybridized carbons (Fsp3) is 1.00. The average molecular weight is 475 g/mol. The first-order chi connectivity index (χ1) is 16.2. The smallest absolute Gasteiger partial charge is 0.116 e. The highest BCUT2D eigenvalue weighted by Gasteiger charge is 2.65. The van der Waals surface area contributed by atoms with E-state index in [4.69, 9.17) is 4.74 Å². The summed E-state index contributed by atoms with van der Waals surface area (Å²) in [5.41, 5.74) is 0.689. The van der Waals surface area contributed by atoms with Gasteiger partial charge < -0.3 is 18.8 Å². The van der Waals surface area contributed by atoms with Crippen LogP contribution in [0.4, 0.5) is 0 Å². The molecular formula is C30H54N2O2+2. The highest BCUT2D eigenvalue weighted by Crippen LogP contribution is 2.67. The lowest BCUT2D eigenvalue weighted by Crippen LogP contribution is -2.62. The van der Waals surface area contributed by atoms with Gasteiger partial charge in [-0.3, -0.25) is 0 Å². The zero-order chi connectivity index (χ0) is 23.8. The van der Waals surface area contributed by atoms with E-state index in [1.807, 2.05) is 0 Å². The van der Waals surface area contributed by atoms with Gasteiger partial charge in [0, 0.05) is 18.3 Å². The number of quaternary nitrogens is 2. The first-order valence-electron chi connectivity index (χ1n) is 15.1. The normalized spacial score (nSPS) is 52.3. The van der Waals surface area contributed by atoms with Crippen molar-refractivity contribution >= 4 is 0 Å². The molecule has 0 bridgehead atoms. The van der Waals surface area contributed by atoms with Gasteiger partial charge in [0.15, 0.2) is 0 Å². The molecule has 2 saturated heterocycles. The predicted molar refractivity (Wildman–Crippen MR) is 137 cm³/mol. The molecule has 34 heavy (non-hydrogen) atoms. The monoisotopic (exact) mass is 474 g/mol. The van der Waals surface area contributed by atoms with Gasteiger partial charge in [-0.2, -0.15) is 0 Å². The fourth-order valence-corrected chi connectivity index (χ4v) is 11.1. The second kappa shape index (κ2) is 8.43. The number of fused-ring (bicyclic) bond motifs is 5. The number of aliphatic hydroxyl groups is 1. The molecule has 0 radical (unpaired) electrons. The van der Waals surface area contributed by atoms with Crippen molar-refractivity contribution in [3.63, 3.8) is 0 Å². The number of hydrogen-bond donors (Lipinski definition) is 1. The number of morpholine rings is 1. The fourth-order valence-electron chi connectivity index (χ4n) is 11.1. The lowest BCUT2D eigenvalue weighted by atomic mass is 9.45. The molecule has 0 unspecified atom stereocenters. The third-order valence-electron chi connectivity index (χ3n) is 13.6. The molecule has 1 N–H and O–H groups in total. The number of ether oxygens (including phenoxy) is 1. The van der Waals surface area contributed by atoms with E-state index in [0.717, 1.165) is 60.5 Å². The maximum atomic E-state index is 11.8. The highest BCUT2D eigenvalue weighted by atomic mass is 16.5. The molecule has 0 aromatic heterocycles. The maximum absolute atomic E-state index is 11.8. The molecule has 6 aliphatic rings. The van der Waals surface area contributed by atoms with E-state index in [9.17, 15) is 5.11 Å². The second-order valence-electron chi connectivity index (χ2n) is 14.9. The Labute approximate surface area is 209 Å². The summed E-state index contributed by atoms with van der Waals surface area (Å²) < 4.78 is 8.15. The number of likely N-dealkylation sites (N-methyl/N-ethyl adjacent to an activating group) is 1. The van der Waals surface area contributed by atoms with E-state index in [1.54, 1.807) is 0 Å². The largest absolute Gasteiger partial charge is 0.386 e. The Morgan fingerprint density at radius 2 is 1.44 bits per heavy atom. The summed E-state index contributed by atoms with van der Waals surface area (Å²) in [5, 5.41) is 11.8. The predicted octanol–water partition coefficient (Wildman–Crippen LogP) is 4.84. The first kappa shape index (κ1) is 24.2. The van der Waals surface area contributed by atoms with Crippen molar-refractivity contribution in [3.8, 4) is 0 Å². The van der Waals surface area contributed by atoms with Gasteiger partial charge in [-0.25, -0.2) is 0 Å². The summed E-state index contributed by atoms with van der Waals surface area (Å²) in [6.45, 7) is 12.0. The van der Waals surface area contributed by atoms with Gasteiger partial charge in [-0.1, -0.05) is 13.8 Å². The van der Waals surface area contributed by atoms with E-state index in [1.165, 1.54) is 88.2 Å². The second-order valence-corrected chi connectivity index (χ2v) is 14.9. The molecule has 0 amide bonds. The summed E-state index contributed by atoms with van der Waals surface area (Å²) in [5.74, 6) is 3.42. The van der Waals surface area contributed by atoms with E-state index >= 15 is 0 Å². The van der Waals surface area contributed by atoms with Crippen LogP contribution in [0.25, 0.3) is 0 Å². The van der Waals surface area contributed by atoms with Crippen molar-refractivity contribution in [1.29, 1.82) is 0 Å². The first-order valence-corrected chi connectivity index (χ1v) is 15.1. The molecule has 0 spiro atoms. The van der Waals surface area contributed by atoms with Gasteiger partial charge in [-0.15, -0.1) is 0 Å². The standard InChI is InChI=1S/C30H54N2O2/c1-29-12-10-23(31(3)14-6-5-7-15-31)20-22(29)8-9-24-25(29)11-13-30(2)26(24)21-27(28(30)33)32(4)16-18-34-19-17-32/h22-28,33H,5-21H2,1-4H3/q+2/t22-,23-,24+,25-,26-,27-,28-,29-,30-/m0/s1. The van der Waals surface area contributed by atoms with E-state index in [2.05, 4.69) is 27.9 Å². The topological polar surface area (TPSA) is 29.5 Å². The molecule has 4 saturated carbocycles. The molecule has 0 aromatic carbocycles. The van der Waals surface area contributed by atoms with Crippen molar-refractivity contribution < 1.29 is 18.8 Å². The Balaban J connectivity index is 1.21. The molecule has 2 heterocycles. The van der Waals surface area contributed by atoms with Gasteiger partial charge >= 0.3 is 0 Å². The van der Waals surface area contributed by atoms with Gasteiger partial charge in [0.05, 0.1) is 46.4 Å². The molecule has 2 aliphatic heterocycles. The number of piperidine rings is 1. The number of rotatable bonds is 2. The van der Waals surface area contributed by atoms with Crippen molar-refractivity contribution in [2.24, 2.45) is 34.5 Å². The third-order valence-corrected chi connectivity index (χ3v) is 13.6. The summed E-state index contributed by atoms with van der Waals surface area (Å²) >= 11 is 0. The lowest BCUT2D eigenvalue weighted by molar-refractivity contribution is -0.943. The molecule has 9 atom stereocenters. The van der Waals surface area contributed by atoms with Crippen molar-refractivity contribution in [3.05, 3.63) is 0 Å². The van der Waals surface area contributed by atoms with Crippen molar-refractivity contribution in [2.75, 3.05) is 53.5 Å². The lowest BCUT2D eigenvalue weighted by Gasteiger charge is -2.61. The van der Waals surface area contributed by atoms with Crippen LogP contribution < -0.4 is 0 Å². The quantitative estimate of drug-likeness (QED) is 0.580. The minimum Gasteiger partial charge on any atom is -0.386 e. The summed E-state index contributed by atoms with van der Waals surface area (Å²) in [4.78, 5) is 0. The van der Waals surface area contributed by atoms with Crippen LogP contribution in [-0.2, 0) is 4.74 Å². The Bertz CT molecular complexity index is 759. The Morgan fingerprint density at radius 3 is 2.18 bits per heavy atom. The van der Waals surface area contributed by atoms with Gasteiger partial charge in [-0.05, 0) is 86.9 Å². The minimum absolute atomic E-state index is 0.133. The Morgan fingerprint density at radius 1 is 0.735 bits per heavy atom. The number of aliphatic hydroxyl groups excluding tert-OH is 1. The third kappa shape index (κ3) is 3.51. The van der Waals surface area contributed by atoms with Crippen LogP contribution in [0.3, 0.4) is 0 Å². The van der Waals surface area contributed by atoms with Crippen molar-refractivity contribution in [1.82, 2.24) is 0 Å². The molecule has 6 rings (SSSR count). The number of nitrogens with zero attached hydrogens (tertiary/aromatic N) is 2. The van der Waals surface area contributed by atoms with Crippen LogP contribution in [-0.4, -0.2) is 85.7 Å². The SMILES string of the molecule is C[C@]12CC[C@H]([N+]3(C)CCCCC3)C[C@@H]1CC[C@@H]1[C@@H]2CC[C@]2(C)[C@@H](O)[C@@H]([N+]3(C)CCOCC3)C[C@@H]12. The average Bonchev–Trinajstić information content (AvgIpc) is 3.11. The van der Waals surface area contributed by atoms with Crippen LogP contribution in [0.1, 0.15) is 84.5 Å². The molecule has 0 aromatic rings. The summed E-state index contributed by atoms with van der Waals surface area (Å²) in [6, 6.07) is 1.34. The molecule has 4 aliphatic carbocycles. The van der Waals surface area contributed by atoms with E-state index in [0.29, 0.717) is 11.5 Å². The molecule has 4 heteroatoms. The van der Waals surface area contributed by atoms with E-state index < -0.39 is 0 Å². The van der Waals surface area contributed by atoms with Crippen LogP contribution in [0, 0.1) is 34.5 Å². The Hall–Kier alpha value is -0.160. The zero-order valence-electron chi connectivity index (χ0n) is 22.8. The zero-order valence-corrected chi connectivity index (χ0v) is 22.8. The van der Waals surface area contributed by atoms with Gasteiger partial charge in [0.2, 0.25) is 0 Å². The van der Waals surface area contributed by atoms with Crippen LogP contribution >= 0.6 is 0 Å². The number of hydrogen-bond acceptors (Lipinski definition) is 2.